The van der Waals surface area contributed by atoms with Crippen molar-refractivity contribution < 1.29 is 5.11 Å². The Kier molecular flexibility index (Phi) is 5.92. The fourth-order valence-electron chi connectivity index (χ4n) is 4.15. The van der Waals surface area contributed by atoms with Gasteiger partial charge in [0.25, 0.3) is 0 Å². The third-order valence-electron chi connectivity index (χ3n) is 5.12. The van der Waals surface area contributed by atoms with Crippen molar-refractivity contribution in [2.24, 2.45) is 5.92 Å². The number of hydrogen-bond acceptors (Lipinski definition) is 2. The summed E-state index contributed by atoms with van der Waals surface area (Å²) in [7, 11) is 0. The molecule has 1 saturated heterocycles. The van der Waals surface area contributed by atoms with Crippen molar-refractivity contribution in [2.75, 3.05) is 0 Å². The van der Waals surface area contributed by atoms with Crippen molar-refractivity contribution in [3.8, 4) is 24.7 Å². The molecule has 1 spiro atoms. The van der Waals surface area contributed by atoms with Gasteiger partial charge in [-0.15, -0.1) is 18.8 Å². The van der Waals surface area contributed by atoms with Crippen LogP contribution < -0.4 is 5.32 Å². The molecule has 114 valence electrons. The van der Waals surface area contributed by atoms with Crippen LogP contribution in [0.15, 0.2) is 12.2 Å². The maximum absolute atomic E-state index is 10.4. The van der Waals surface area contributed by atoms with Gasteiger partial charge < -0.3 is 10.4 Å². The Morgan fingerprint density at radius 1 is 1.24 bits per heavy atom. The minimum atomic E-state index is -0.277. The highest BCUT2D eigenvalue weighted by molar-refractivity contribution is 5.17. The predicted molar refractivity (Wildman–Crippen MR) is 87.5 cm³/mol. The fraction of sp³-hybridized carbons (Fsp3) is 0.684. The van der Waals surface area contributed by atoms with E-state index in [4.69, 9.17) is 12.8 Å². The van der Waals surface area contributed by atoms with E-state index < -0.39 is 0 Å². The van der Waals surface area contributed by atoms with Crippen molar-refractivity contribution in [2.45, 2.75) is 75.5 Å². The van der Waals surface area contributed by atoms with Gasteiger partial charge in [0.1, 0.15) is 0 Å². The van der Waals surface area contributed by atoms with E-state index in [1.807, 2.05) is 6.08 Å². The van der Waals surface area contributed by atoms with Crippen LogP contribution in [0.4, 0.5) is 0 Å². The molecule has 2 rings (SSSR count). The third-order valence-corrected chi connectivity index (χ3v) is 5.12. The van der Waals surface area contributed by atoms with E-state index in [0.717, 1.165) is 44.9 Å². The molecule has 1 aliphatic heterocycles. The van der Waals surface area contributed by atoms with Gasteiger partial charge in [-0.3, -0.25) is 0 Å². The van der Waals surface area contributed by atoms with Crippen LogP contribution in [0, 0.1) is 30.6 Å². The summed E-state index contributed by atoms with van der Waals surface area (Å²) in [4.78, 5) is 0. The first kappa shape index (κ1) is 16.2. The number of terminal acetylenes is 2. The third kappa shape index (κ3) is 3.91. The largest absolute Gasteiger partial charge is 0.392 e. The molecule has 0 aromatic rings. The lowest BCUT2D eigenvalue weighted by Gasteiger charge is -2.51. The SMILES string of the molecule is C#C/C=C/[C@@H]1[C@@H](O)CCC[C@]12CCC[C@@H](CCCC#C)N2. The highest BCUT2D eigenvalue weighted by atomic mass is 16.3. The molecule has 21 heavy (non-hydrogen) atoms. The number of allylic oxidation sites excluding steroid dienone is 1. The van der Waals surface area contributed by atoms with Crippen LogP contribution in [0.3, 0.4) is 0 Å². The number of hydrogen-bond donors (Lipinski definition) is 2. The van der Waals surface area contributed by atoms with Crippen molar-refractivity contribution in [1.82, 2.24) is 5.32 Å². The molecule has 2 fully saturated rings. The van der Waals surface area contributed by atoms with Crippen molar-refractivity contribution in [3.05, 3.63) is 12.2 Å². The molecule has 2 heteroatoms. The summed E-state index contributed by atoms with van der Waals surface area (Å²) in [5.74, 6) is 5.43. The van der Waals surface area contributed by atoms with Gasteiger partial charge in [0.15, 0.2) is 0 Å². The molecule has 0 amide bonds. The lowest BCUT2D eigenvalue weighted by atomic mass is 9.66. The number of nitrogens with one attached hydrogen (secondary N) is 1. The molecule has 1 heterocycles. The van der Waals surface area contributed by atoms with E-state index in [1.165, 1.54) is 12.8 Å². The van der Waals surface area contributed by atoms with Gasteiger partial charge in [-0.1, -0.05) is 18.4 Å². The number of aliphatic hydroxyl groups excluding tert-OH is 1. The van der Waals surface area contributed by atoms with E-state index in [-0.39, 0.29) is 17.6 Å². The topological polar surface area (TPSA) is 32.3 Å². The average Bonchev–Trinajstić information content (AvgIpc) is 2.47. The van der Waals surface area contributed by atoms with Gasteiger partial charge in [-0.05, 0) is 51.0 Å². The van der Waals surface area contributed by atoms with Gasteiger partial charge in [-0.2, -0.15) is 0 Å². The summed E-state index contributed by atoms with van der Waals surface area (Å²) in [6.07, 6.45) is 24.0. The first-order valence-corrected chi connectivity index (χ1v) is 8.24. The predicted octanol–water partition coefficient (Wildman–Crippen LogP) is 3.02. The summed E-state index contributed by atoms with van der Waals surface area (Å²) in [6.45, 7) is 0. The minimum Gasteiger partial charge on any atom is -0.392 e. The van der Waals surface area contributed by atoms with E-state index >= 15 is 0 Å². The van der Waals surface area contributed by atoms with E-state index in [2.05, 4.69) is 17.2 Å². The van der Waals surface area contributed by atoms with Crippen LogP contribution in [0.25, 0.3) is 0 Å². The van der Waals surface area contributed by atoms with Gasteiger partial charge in [0.2, 0.25) is 0 Å². The molecule has 1 aliphatic carbocycles. The molecule has 0 bridgehead atoms. The van der Waals surface area contributed by atoms with Crippen molar-refractivity contribution >= 4 is 0 Å². The van der Waals surface area contributed by atoms with E-state index in [0.29, 0.717) is 6.04 Å². The standard InChI is InChI=1S/C19H27NO/c1-3-5-7-10-16-11-8-14-19(20-16)15-9-13-18(21)17(19)12-6-4-2/h1-2,6,12,16-18,20-21H,5,7-11,13-15H2/b12-6+/t16-,17-,18+,19-/m1/s1. The maximum Gasteiger partial charge on any atom is 0.0620 e. The summed E-state index contributed by atoms with van der Waals surface area (Å²) in [5, 5.41) is 14.3. The lowest BCUT2D eigenvalue weighted by molar-refractivity contribution is 0.00278. The van der Waals surface area contributed by atoms with Crippen LogP contribution in [0.2, 0.25) is 0 Å². The summed E-state index contributed by atoms with van der Waals surface area (Å²) >= 11 is 0. The van der Waals surface area contributed by atoms with Gasteiger partial charge in [0, 0.05) is 23.9 Å². The molecule has 0 unspecified atom stereocenters. The first-order chi connectivity index (χ1) is 10.2. The van der Waals surface area contributed by atoms with Gasteiger partial charge in [-0.25, -0.2) is 0 Å². The zero-order chi connectivity index (χ0) is 15.1. The molecule has 0 radical (unpaired) electrons. The Morgan fingerprint density at radius 2 is 2.00 bits per heavy atom. The van der Waals surface area contributed by atoms with Gasteiger partial charge >= 0.3 is 0 Å². The number of unbranched alkanes of at least 4 members (excludes halogenated alkanes) is 1. The highest BCUT2D eigenvalue weighted by Gasteiger charge is 2.45. The quantitative estimate of drug-likeness (QED) is 0.615. The molecule has 2 N–H and O–H groups in total. The molecule has 2 nitrogen and oxygen atoms in total. The van der Waals surface area contributed by atoms with Crippen molar-refractivity contribution in [3.63, 3.8) is 0 Å². The molecule has 1 saturated carbocycles. The first-order valence-electron chi connectivity index (χ1n) is 8.24. The minimum absolute atomic E-state index is 0.0318. The molecule has 0 aromatic carbocycles. The molecular formula is C19H27NO. The second kappa shape index (κ2) is 7.69. The second-order valence-electron chi connectivity index (χ2n) is 6.50. The van der Waals surface area contributed by atoms with E-state index in [9.17, 15) is 5.11 Å². The van der Waals surface area contributed by atoms with Crippen LogP contribution in [-0.4, -0.2) is 22.8 Å². The lowest BCUT2D eigenvalue weighted by Crippen LogP contribution is -2.61. The Bertz CT molecular complexity index is 437. The highest BCUT2D eigenvalue weighted by Crippen LogP contribution is 2.41. The summed E-state index contributed by atoms with van der Waals surface area (Å²) < 4.78 is 0. The number of rotatable bonds is 4. The summed E-state index contributed by atoms with van der Waals surface area (Å²) in [6, 6.07) is 0.527. The van der Waals surface area contributed by atoms with E-state index in [1.54, 1.807) is 6.08 Å². The monoisotopic (exact) mass is 285 g/mol. The maximum atomic E-state index is 10.4. The Morgan fingerprint density at radius 3 is 2.71 bits per heavy atom. The number of piperidine rings is 1. The Hall–Kier alpha value is -1.22. The van der Waals surface area contributed by atoms with Crippen LogP contribution in [0.5, 0.6) is 0 Å². The van der Waals surface area contributed by atoms with Crippen LogP contribution in [-0.2, 0) is 0 Å². The molecule has 4 atom stereocenters. The zero-order valence-corrected chi connectivity index (χ0v) is 12.9. The van der Waals surface area contributed by atoms with Crippen LogP contribution in [0.1, 0.15) is 57.8 Å². The smallest absolute Gasteiger partial charge is 0.0620 e. The molecule has 0 aromatic heterocycles. The molecule has 2 aliphatic rings. The number of aliphatic hydroxyl groups is 1. The molecular weight excluding hydrogens is 258 g/mol. The fourth-order valence-corrected chi connectivity index (χ4v) is 4.15. The van der Waals surface area contributed by atoms with Crippen molar-refractivity contribution in [1.29, 1.82) is 0 Å². The zero-order valence-electron chi connectivity index (χ0n) is 12.9. The Labute approximate surface area is 129 Å². The second-order valence-corrected chi connectivity index (χ2v) is 6.50. The normalized spacial score (nSPS) is 36.4. The van der Waals surface area contributed by atoms with Crippen LogP contribution >= 0.6 is 0 Å². The average molecular weight is 285 g/mol. The Balaban J connectivity index is 2.07. The van der Waals surface area contributed by atoms with Gasteiger partial charge in [0.05, 0.1) is 6.10 Å². The summed E-state index contributed by atoms with van der Waals surface area (Å²) in [5.41, 5.74) is 0.0318.